The predicted molar refractivity (Wildman–Crippen MR) is 137 cm³/mol. The zero-order valence-electron chi connectivity index (χ0n) is 18.9. The number of hydrogen-bond donors (Lipinski definition) is 3. The molecule has 2 heterocycles. The van der Waals surface area contributed by atoms with E-state index in [1.807, 2.05) is 41.7 Å². The van der Waals surface area contributed by atoms with Gasteiger partial charge in [0.1, 0.15) is 11.5 Å². The average Bonchev–Trinajstić information content (AvgIpc) is 3.25. The van der Waals surface area contributed by atoms with Crippen LogP contribution in [-0.2, 0) is 22.4 Å². The van der Waals surface area contributed by atoms with E-state index in [0.717, 1.165) is 30.9 Å². The molecule has 0 spiro atoms. The molecule has 0 fully saturated rings. The van der Waals surface area contributed by atoms with Gasteiger partial charge >= 0.3 is 11.9 Å². The summed E-state index contributed by atoms with van der Waals surface area (Å²) in [4.78, 5) is 20.7. The summed E-state index contributed by atoms with van der Waals surface area (Å²) in [5, 5.41) is 20.8. The van der Waals surface area contributed by atoms with Crippen LogP contribution in [0.25, 0.3) is 10.1 Å². The van der Waals surface area contributed by atoms with E-state index < -0.39 is 11.9 Å². The number of rotatable bonds is 6. The average molecular weight is 488 g/mol. The summed E-state index contributed by atoms with van der Waals surface area (Å²) < 4.78 is 7.32. The Bertz CT molecular complexity index is 1310. The maximum Gasteiger partial charge on any atom is 0.328 e. The zero-order valence-corrected chi connectivity index (χ0v) is 19.7. The van der Waals surface area contributed by atoms with Gasteiger partial charge in [-0.2, -0.15) is 0 Å². The Balaban J connectivity index is 0.000000314. The number of hydrogen-bond acceptors (Lipinski definition) is 5. The summed E-state index contributed by atoms with van der Waals surface area (Å²) in [5.74, 6) is -0.767. The molecule has 178 valence electrons. The van der Waals surface area contributed by atoms with Crippen molar-refractivity contribution in [1.29, 1.82) is 0 Å². The second-order valence-electron chi connectivity index (χ2n) is 7.96. The van der Waals surface area contributed by atoms with Gasteiger partial charge in [-0.15, -0.1) is 11.3 Å². The van der Waals surface area contributed by atoms with Crippen molar-refractivity contribution in [3.63, 3.8) is 0 Å². The molecule has 1 aromatic heterocycles. The number of fused-ring (bicyclic) bond motifs is 3. The number of carboxylic acid groups (broad SMARTS) is 2. The molecule has 1 atom stereocenters. The van der Waals surface area contributed by atoms with Crippen molar-refractivity contribution < 1.29 is 24.5 Å². The van der Waals surface area contributed by atoms with E-state index in [-0.39, 0.29) is 0 Å². The predicted octanol–water partition coefficient (Wildman–Crippen LogP) is 5.83. The largest absolute Gasteiger partial charge is 0.478 e. The lowest BCUT2D eigenvalue weighted by Crippen LogP contribution is -2.30. The van der Waals surface area contributed by atoms with Gasteiger partial charge in [0.05, 0.1) is 0 Å². The molecule has 0 amide bonds. The van der Waals surface area contributed by atoms with E-state index in [1.54, 1.807) is 4.88 Å². The number of benzene rings is 3. The monoisotopic (exact) mass is 487 g/mol. The Hall–Kier alpha value is -3.94. The molecule has 1 aliphatic rings. The van der Waals surface area contributed by atoms with Crippen molar-refractivity contribution in [1.82, 2.24) is 5.32 Å². The lowest BCUT2D eigenvalue weighted by molar-refractivity contribution is -0.134. The first-order valence-corrected chi connectivity index (χ1v) is 12.0. The zero-order chi connectivity index (χ0) is 24.6. The summed E-state index contributed by atoms with van der Waals surface area (Å²) in [5.41, 5.74) is 2.84. The van der Waals surface area contributed by atoms with E-state index in [2.05, 4.69) is 53.8 Å². The van der Waals surface area contributed by atoms with Crippen LogP contribution in [0.1, 0.15) is 22.0 Å². The molecule has 7 heteroatoms. The lowest BCUT2D eigenvalue weighted by atomic mass is 9.93. The summed E-state index contributed by atoms with van der Waals surface area (Å²) in [6.45, 7) is 1.06. The van der Waals surface area contributed by atoms with Crippen molar-refractivity contribution >= 4 is 33.4 Å². The number of nitrogens with one attached hydrogen (secondary N) is 1. The van der Waals surface area contributed by atoms with E-state index in [4.69, 9.17) is 14.9 Å². The van der Waals surface area contributed by atoms with Crippen LogP contribution in [0.15, 0.2) is 91.0 Å². The minimum absolute atomic E-state index is 0.380. The van der Waals surface area contributed by atoms with Crippen LogP contribution in [0, 0.1) is 0 Å². The molecule has 4 aromatic rings. The highest BCUT2D eigenvalue weighted by Crippen LogP contribution is 2.39. The minimum atomic E-state index is -1.26. The number of ether oxygens (including phenoxy) is 1. The van der Waals surface area contributed by atoms with Crippen LogP contribution in [0.2, 0.25) is 0 Å². The third kappa shape index (κ3) is 6.56. The molecule has 0 bridgehead atoms. The van der Waals surface area contributed by atoms with E-state index in [1.165, 1.54) is 21.2 Å². The number of aliphatic carboxylic acids is 2. The van der Waals surface area contributed by atoms with Crippen molar-refractivity contribution in [2.24, 2.45) is 0 Å². The van der Waals surface area contributed by atoms with Gasteiger partial charge in [-0.25, -0.2) is 9.59 Å². The lowest BCUT2D eigenvalue weighted by Gasteiger charge is -2.25. The van der Waals surface area contributed by atoms with Gasteiger partial charge in [0.15, 0.2) is 0 Å². The van der Waals surface area contributed by atoms with Gasteiger partial charge in [0, 0.05) is 34.3 Å². The summed E-state index contributed by atoms with van der Waals surface area (Å²) in [6.07, 6.45) is 3.25. The Kier molecular flexibility index (Phi) is 7.92. The fourth-order valence-electron chi connectivity index (χ4n) is 4.02. The molecule has 6 nitrogen and oxygen atoms in total. The number of carboxylic acids is 2. The van der Waals surface area contributed by atoms with Gasteiger partial charge < -0.3 is 20.3 Å². The first-order valence-electron chi connectivity index (χ1n) is 11.2. The first-order chi connectivity index (χ1) is 17.0. The number of thiophene rings is 1. The quantitative estimate of drug-likeness (QED) is 0.296. The molecule has 5 rings (SSSR count). The molecule has 0 saturated carbocycles. The Morgan fingerprint density at radius 3 is 2.20 bits per heavy atom. The maximum absolute atomic E-state index is 9.55. The van der Waals surface area contributed by atoms with Crippen molar-refractivity contribution in [2.45, 2.75) is 18.9 Å². The molecule has 3 N–H and O–H groups in total. The van der Waals surface area contributed by atoms with Crippen LogP contribution < -0.4 is 10.1 Å². The SMILES string of the molecule is O=C(O)C=CC(=O)O.c1ccc(Oc2ccc(CC3NCCc4sc5ccccc5c43)cc2)cc1. The maximum atomic E-state index is 9.55. The van der Waals surface area contributed by atoms with Crippen molar-refractivity contribution in [2.75, 3.05) is 6.54 Å². The second-order valence-corrected chi connectivity index (χ2v) is 9.10. The molecule has 3 aromatic carbocycles. The Morgan fingerprint density at radius 2 is 1.51 bits per heavy atom. The molecule has 0 aliphatic carbocycles. The third-order valence-corrected chi connectivity index (χ3v) is 6.76. The molecule has 0 radical (unpaired) electrons. The first kappa shape index (κ1) is 24.2. The van der Waals surface area contributed by atoms with Crippen LogP contribution >= 0.6 is 11.3 Å². The highest BCUT2D eigenvalue weighted by atomic mass is 32.1. The number of para-hydroxylation sites is 1. The van der Waals surface area contributed by atoms with Gasteiger partial charge in [-0.1, -0.05) is 48.5 Å². The standard InChI is InChI=1S/C24H21NOS.C4H4O4/c1-2-6-18(7-3-1)26-19-12-10-17(11-13-19)16-21-24-20-8-4-5-9-22(20)27-23(24)14-15-25-21;5-3(6)1-2-4(7)8/h1-13,21,25H,14-16H2;1-2H,(H,5,6)(H,7,8). The van der Waals surface area contributed by atoms with Gasteiger partial charge in [-0.05, 0) is 59.7 Å². The van der Waals surface area contributed by atoms with Crippen molar-refractivity contribution in [3.8, 4) is 11.5 Å². The van der Waals surface area contributed by atoms with E-state index >= 15 is 0 Å². The number of carbonyl (C=O) groups is 2. The smallest absolute Gasteiger partial charge is 0.328 e. The molecule has 0 saturated heterocycles. The highest BCUT2D eigenvalue weighted by molar-refractivity contribution is 7.19. The fraction of sp³-hybridized carbons (Fsp3) is 0.143. The second kappa shape index (κ2) is 11.5. The molecular formula is C28H25NO5S. The van der Waals surface area contributed by atoms with E-state index in [9.17, 15) is 9.59 Å². The van der Waals surface area contributed by atoms with Crippen LogP contribution in [0.5, 0.6) is 11.5 Å². The molecular weight excluding hydrogens is 462 g/mol. The van der Waals surface area contributed by atoms with Crippen LogP contribution in [0.4, 0.5) is 0 Å². The highest BCUT2D eigenvalue weighted by Gasteiger charge is 2.24. The Labute approximate surface area is 207 Å². The van der Waals surface area contributed by atoms with Gasteiger partial charge in [0.2, 0.25) is 0 Å². The summed E-state index contributed by atoms with van der Waals surface area (Å²) in [6, 6.07) is 27.6. The van der Waals surface area contributed by atoms with E-state index in [0.29, 0.717) is 18.2 Å². The third-order valence-electron chi connectivity index (χ3n) is 5.51. The molecule has 1 aliphatic heterocycles. The minimum Gasteiger partial charge on any atom is -0.478 e. The van der Waals surface area contributed by atoms with Gasteiger partial charge in [0.25, 0.3) is 0 Å². The Morgan fingerprint density at radius 1 is 0.886 bits per heavy atom. The van der Waals surface area contributed by atoms with Crippen molar-refractivity contribution in [3.05, 3.63) is 107 Å². The topological polar surface area (TPSA) is 95.9 Å². The normalized spacial score (nSPS) is 14.7. The summed E-state index contributed by atoms with van der Waals surface area (Å²) in [7, 11) is 0. The molecule has 35 heavy (non-hydrogen) atoms. The summed E-state index contributed by atoms with van der Waals surface area (Å²) >= 11 is 1.96. The van der Waals surface area contributed by atoms with Gasteiger partial charge in [-0.3, -0.25) is 0 Å². The fourth-order valence-corrected chi connectivity index (χ4v) is 5.28. The van der Waals surface area contributed by atoms with Crippen LogP contribution in [-0.4, -0.2) is 28.7 Å². The molecule has 1 unspecified atom stereocenters. The van der Waals surface area contributed by atoms with Crippen LogP contribution in [0.3, 0.4) is 0 Å².